The van der Waals surface area contributed by atoms with Crippen LogP contribution < -0.4 is 0 Å². The van der Waals surface area contributed by atoms with E-state index in [9.17, 15) is 9.90 Å². The largest absolute Gasteiger partial charge is 0.388 e. The van der Waals surface area contributed by atoms with E-state index < -0.39 is 6.10 Å². The van der Waals surface area contributed by atoms with Crippen LogP contribution in [-0.4, -0.2) is 30.2 Å². The predicted octanol–water partition coefficient (Wildman–Crippen LogP) is 5.49. The maximum atomic E-state index is 12.4. The third-order valence-electron chi connectivity index (χ3n) is 7.21. The topological polar surface area (TPSA) is 46.5 Å². The molecule has 0 aliphatic heterocycles. The van der Waals surface area contributed by atoms with Crippen molar-refractivity contribution >= 4 is 5.78 Å². The minimum Gasteiger partial charge on any atom is -0.388 e. The van der Waals surface area contributed by atoms with Crippen LogP contribution in [0.2, 0.25) is 0 Å². The number of aliphatic hydroxyl groups is 1. The lowest BCUT2D eigenvalue weighted by Gasteiger charge is -2.22. The molecule has 3 heteroatoms. The second-order valence-electron chi connectivity index (χ2n) is 9.62. The molecule has 5 rings (SSSR count). The van der Waals surface area contributed by atoms with Crippen molar-refractivity contribution in [3.63, 3.8) is 0 Å². The molecular formula is C29H32O3. The lowest BCUT2D eigenvalue weighted by atomic mass is 9.83. The molecule has 0 aromatic rings. The maximum absolute atomic E-state index is 12.4. The highest BCUT2D eigenvalue weighted by molar-refractivity contribution is 5.98. The molecule has 0 amide bonds. The van der Waals surface area contributed by atoms with Crippen LogP contribution in [0.15, 0.2) is 94.7 Å². The lowest BCUT2D eigenvalue weighted by Crippen LogP contribution is -2.21. The number of ketones is 1. The number of hydrogen-bond donors (Lipinski definition) is 1. The number of rotatable bonds is 8. The van der Waals surface area contributed by atoms with Crippen LogP contribution in [-0.2, 0) is 9.53 Å². The average Bonchev–Trinajstić information content (AvgIpc) is 3.47. The first-order valence-corrected chi connectivity index (χ1v) is 12.0. The van der Waals surface area contributed by atoms with Crippen molar-refractivity contribution in [2.45, 2.75) is 44.6 Å². The number of ether oxygens (including phenoxy) is 1. The zero-order valence-corrected chi connectivity index (χ0v) is 18.6. The molecule has 0 bridgehead atoms. The summed E-state index contributed by atoms with van der Waals surface area (Å²) >= 11 is 0. The van der Waals surface area contributed by atoms with Gasteiger partial charge in [-0.3, -0.25) is 4.79 Å². The maximum Gasteiger partial charge on any atom is 0.167 e. The number of fused-ring (bicyclic) bond motifs is 2. The first-order chi connectivity index (χ1) is 15.7. The number of aliphatic hydroxyl groups excluding tert-OH is 1. The fourth-order valence-corrected chi connectivity index (χ4v) is 5.35. The number of carbonyl (C=O) groups is 1. The van der Waals surface area contributed by atoms with Crippen molar-refractivity contribution in [2.24, 2.45) is 17.8 Å². The summed E-state index contributed by atoms with van der Waals surface area (Å²) in [7, 11) is 0. The van der Waals surface area contributed by atoms with E-state index in [1.807, 2.05) is 30.4 Å². The van der Waals surface area contributed by atoms with E-state index in [1.165, 1.54) is 42.4 Å². The Labute approximate surface area is 190 Å². The highest BCUT2D eigenvalue weighted by Gasteiger charge is 2.26. The van der Waals surface area contributed by atoms with Gasteiger partial charge in [0, 0.05) is 12.5 Å². The SMILES string of the molecule is O=C1C=C(C(O)CCC2=CC3C=C(COCC4CCCC4)C=CC3=C2)C=C2C=CC=CC12. The van der Waals surface area contributed by atoms with Crippen molar-refractivity contribution in [2.75, 3.05) is 13.2 Å². The van der Waals surface area contributed by atoms with E-state index in [0.717, 1.165) is 30.1 Å². The molecule has 0 spiro atoms. The zero-order chi connectivity index (χ0) is 21.9. The highest BCUT2D eigenvalue weighted by atomic mass is 16.5. The van der Waals surface area contributed by atoms with E-state index in [4.69, 9.17) is 4.74 Å². The Morgan fingerprint density at radius 1 is 0.969 bits per heavy atom. The van der Waals surface area contributed by atoms with Crippen LogP contribution in [0.4, 0.5) is 0 Å². The molecule has 166 valence electrons. The Kier molecular flexibility index (Phi) is 6.38. The highest BCUT2D eigenvalue weighted by Crippen LogP contribution is 2.34. The first kappa shape index (κ1) is 21.4. The summed E-state index contributed by atoms with van der Waals surface area (Å²) in [4.78, 5) is 12.4. The van der Waals surface area contributed by atoms with Crippen LogP contribution in [0.1, 0.15) is 38.5 Å². The van der Waals surface area contributed by atoms with Crippen molar-refractivity contribution in [3.8, 4) is 0 Å². The molecule has 0 radical (unpaired) electrons. The van der Waals surface area contributed by atoms with Gasteiger partial charge in [-0.25, -0.2) is 0 Å². The summed E-state index contributed by atoms with van der Waals surface area (Å²) in [6.45, 7) is 1.58. The van der Waals surface area contributed by atoms with Gasteiger partial charge in [-0.05, 0) is 60.0 Å². The fraction of sp³-hybridized carbons (Fsp3) is 0.414. The van der Waals surface area contributed by atoms with Gasteiger partial charge in [0.1, 0.15) is 0 Å². The lowest BCUT2D eigenvalue weighted by molar-refractivity contribution is -0.116. The summed E-state index contributed by atoms with van der Waals surface area (Å²) in [5.74, 6) is 0.944. The molecule has 5 aliphatic carbocycles. The zero-order valence-electron chi connectivity index (χ0n) is 18.6. The van der Waals surface area contributed by atoms with Gasteiger partial charge in [0.2, 0.25) is 0 Å². The van der Waals surface area contributed by atoms with Crippen molar-refractivity contribution < 1.29 is 14.6 Å². The summed E-state index contributed by atoms with van der Waals surface area (Å²) in [6, 6.07) is 0. The Bertz CT molecular complexity index is 1010. The van der Waals surface area contributed by atoms with Gasteiger partial charge in [-0.2, -0.15) is 0 Å². The Morgan fingerprint density at radius 2 is 1.81 bits per heavy atom. The normalized spacial score (nSPS) is 27.4. The molecule has 3 nitrogen and oxygen atoms in total. The van der Waals surface area contributed by atoms with Gasteiger partial charge in [-0.15, -0.1) is 0 Å². The molecule has 0 aromatic heterocycles. The minimum absolute atomic E-state index is 0.0586. The van der Waals surface area contributed by atoms with Gasteiger partial charge >= 0.3 is 0 Å². The second kappa shape index (κ2) is 9.56. The molecule has 1 fully saturated rings. The molecule has 5 aliphatic rings. The van der Waals surface area contributed by atoms with Crippen molar-refractivity contribution in [1.82, 2.24) is 0 Å². The van der Waals surface area contributed by atoms with Crippen LogP contribution in [0, 0.1) is 17.8 Å². The van der Waals surface area contributed by atoms with E-state index in [-0.39, 0.29) is 11.7 Å². The summed E-state index contributed by atoms with van der Waals surface area (Å²) in [5.41, 5.74) is 5.52. The summed E-state index contributed by atoms with van der Waals surface area (Å²) in [5, 5.41) is 10.7. The first-order valence-electron chi connectivity index (χ1n) is 12.0. The van der Waals surface area contributed by atoms with Crippen LogP contribution in [0.25, 0.3) is 0 Å². The van der Waals surface area contributed by atoms with E-state index in [1.54, 1.807) is 6.08 Å². The molecular weight excluding hydrogens is 396 g/mol. The van der Waals surface area contributed by atoms with E-state index >= 15 is 0 Å². The Morgan fingerprint density at radius 3 is 2.69 bits per heavy atom. The standard InChI is InChI=1S/C29H32O3/c30-28(26-16-24-7-3-4-8-27(24)29(31)17-26)12-10-21-13-23-11-9-22(15-25(23)14-21)19-32-18-20-5-1-2-6-20/h3-4,7-9,11,13-17,20,25,27-28,30H,1-2,5-6,10,12,18-19H2. The molecule has 1 N–H and O–H groups in total. The number of carbonyl (C=O) groups excluding carboxylic acids is 1. The van der Waals surface area contributed by atoms with Crippen LogP contribution in [0.5, 0.6) is 0 Å². The average molecular weight is 429 g/mol. The van der Waals surface area contributed by atoms with Gasteiger partial charge in [0.05, 0.1) is 18.6 Å². The second-order valence-corrected chi connectivity index (χ2v) is 9.62. The van der Waals surface area contributed by atoms with Crippen LogP contribution in [0.3, 0.4) is 0 Å². The molecule has 0 heterocycles. The van der Waals surface area contributed by atoms with E-state index in [0.29, 0.717) is 18.9 Å². The molecule has 32 heavy (non-hydrogen) atoms. The third kappa shape index (κ3) is 4.79. The van der Waals surface area contributed by atoms with E-state index in [2.05, 4.69) is 30.4 Å². The van der Waals surface area contributed by atoms with Gasteiger partial charge < -0.3 is 9.84 Å². The molecule has 3 unspecified atom stereocenters. The quantitative estimate of drug-likeness (QED) is 0.556. The van der Waals surface area contributed by atoms with Crippen LogP contribution >= 0.6 is 0 Å². The molecule has 3 atom stereocenters. The molecule has 0 aromatic carbocycles. The fourth-order valence-electron chi connectivity index (χ4n) is 5.35. The van der Waals surface area contributed by atoms with Crippen molar-refractivity contribution in [3.05, 3.63) is 94.7 Å². The summed E-state index contributed by atoms with van der Waals surface area (Å²) < 4.78 is 5.98. The Balaban J connectivity index is 1.14. The third-order valence-corrected chi connectivity index (χ3v) is 7.21. The number of hydrogen-bond acceptors (Lipinski definition) is 3. The van der Waals surface area contributed by atoms with Gasteiger partial charge in [-0.1, -0.05) is 79.2 Å². The molecule has 1 saturated carbocycles. The van der Waals surface area contributed by atoms with Gasteiger partial charge in [0.15, 0.2) is 5.78 Å². The van der Waals surface area contributed by atoms with Crippen molar-refractivity contribution in [1.29, 1.82) is 0 Å². The monoisotopic (exact) mass is 428 g/mol. The molecule has 0 saturated heterocycles. The predicted molar refractivity (Wildman–Crippen MR) is 128 cm³/mol. The minimum atomic E-state index is -0.626. The summed E-state index contributed by atoms with van der Waals surface area (Å²) in [6.07, 6.45) is 28.7. The Hall–Kier alpha value is -2.49. The van der Waals surface area contributed by atoms with Gasteiger partial charge in [0.25, 0.3) is 0 Å². The number of allylic oxidation sites excluding steroid dienone is 12. The smallest absolute Gasteiger partial charge is 0.167 e.